The first-order valence-corrected chi connectivity index (χ1v) is 8.13. The maximum atomic E-state index is 13.0. The van der Waals surface area contributed by atoms with Gasteiger partial charge in [0.2, 0.25) is 0 Å². The predicted octanol–water partition coefficient (Wildman–Crippen LogP) is 3.95. The Kier molecular flexibility index (Phi) is 6.54. The van der Waals surface area contributed by atoms with Gasteiger partial charge in [-0.15, -0.1) is 0 Å². The smallest absolute Gasteiger partial charge is 0.329 e. The van der Waals surface area contributed by atoms with Crippen LogP contribution in [0.1, 0.15) is 53.4 Å². The molecule has 21 heavy (non-hydrogen) atoms. The molecule has 0 aromatic heterocycles. The van der Waals surface area contributed by atoms with Crippen LogP contribution in [0.5, 0.6) is 0 Å². The molecule has 1 saturated carbocycles. The Balaban J connectivity index is 2.72. The van der Waals surface area contributed by atoms with Crippen LogP contribution in [0.15, 0.2) is 0 Å². The summed E-state index contributed by atoms with van der Waals surface area (Å²) in [5, 5.41) is 3.42. The Bertz CT molecular complexity index is 307. The van der Waals surface area contributed by atoms with Gasteiger partial charge in [-0.2, -0.15) is 13.2 Å². The van der Waals surface area contributed by atoms with E-state index in [1.54, 1.807) is 0 Å². The van der Waals surface area contributed by atoms with E-state index in [1.807, 2.05) is 0 Å². The Morgan fingerprint density at radius 3 is 2.19 bits per heavy atom. The summed E-state index contributed by atoms with van der Waals surface area (Å²) in [6.07, 6.45) is -2.39. The highest BCUT2D eigenvalue weighted by molar-refractivity contribution is 4.96. The Hall–Kier alpha value is -0.290. The first kappa shape index (κ1) is 18.8. The van der Waals surface area contributed by atoms with Crippen LogP contribution < -0.4 is 11.1 Å². The number of nitrogens with one attached hydrogen (secondary N) is 1. The number of rotatable bonds is 6. The lowest BCUT2D eigenvalue weighted by atomic mass is 9.74. The lowest BCUT2D eigenvalue weighted by Gasteiger charge is -2.43. The summed E-state index contributed by atoms with van der Waals surface area (Å²) in [5.41, 5.74) is 5.31. The van der Waals surface area contributed by atoms with E-state index in [4.69, 9.17) is 5.73 Å². The summed E-state index contributed by atoms with van der Waals surface area (Å²) in [6.45, 7) is 9.70. The van der Waals surface area contributed by atoms with E-state index < -0.39 is 17.6 Å². The normalized spacial score (nSPS) is 27.9. The minimum absolute atomic E-state index is 0.121. The Morgan fingerprint density at radius 1 is 1.19 bits per heavy atom. The first-order valence-electron chi connectivity index (χ1n) is 8.13. The number of halogens is 3. The van der Waals surface area contributed by atoms with Gasteiger partial charge in [0, 0.05) is 12.1 Å². The van der Waals surface area contributed by atoms with E-state index in [1.165, 1.54) is 0 Å². The summed E-state index contributed by atoms with van der Waals surface area (Å²) >= 11 is 0. The van der Waals surface area contributed by atoms with Gasteiger partial charge in [0.1, 0.15) is 0 Å². The van der Waals surface area contributed by atoms with Crippen molar-refractivity contribution in [3.63, 3.8) is 0 Å². The van der Waals surface area contributed by atoms with E-state index in [0.717, 1.165) is 13.0 Å². The van der Waals surface area contributed by atoms with Gasteiger partial charge in [-0.05, 0) is 43.6 Å². The molecular weight excluding hydrogens is 277 g/mol. The van der Waals surface area contributed by atoms with Crippen molar-refractivity contribution >= 4 is 0 Å². The molecule has 1 fully saturated rings. The monoisotopic (exact) mass is 308 g/mol. The quantitative estimate of drug-likeness (QED) is 0.779. The molecule has 0 aromatic rings. The average molecular weight is 308 g/mol. The summed E-state index contributed by atoms with van der Waals surface area (Å²) in [7, 11) is 0. The molecule has 0 spiro atoms. The SMILES string of the molecule is CC(C)C(CNC1(CN)CCCC(C(F)(F)F)C1)C(C)C. The minimum atomic E-state index is -4.10. The number of alkyl halides is 3. The predicted molar refractivity (Wildman–Crippen MR) is 81.0 cm³/mol. The van der Waals surface area contributed by atoms with Gasteiger partial charge < -0.3 is 11.1 Å². The largest absolute Gasteiger partial charge is 0.391 e. The van der Waals surface area contributed by atoms with E-state index in [2.05, 4.69) is 33.0 Å². The van der Waals surface area contributed by atoms with E-state index in [0.29, 0.717) is 24.2 Å². The highest BCUT2D eigenvalue weighted by Crippen LogP contribution is 2.41. The van der Waals surface area contributed by atoms with Gasteiger partial charge in [-0.3, -0.25) is 0 Å². The summed E-state index contributed by atoms with van der Waals surface area (Å²) in [4.78, 5) is 0. The molecule has 0 aliphatic heterocycles. The van der Waals surface area contributed by atoms with Gasteiger partial charge >= 0.3 is 6.18 Å². The summed E-state index contributed by atoms with van der Waals surface area (Å²) in [6, 6.07) is 0. The van der Waals surface area contributed by atoms with Crippen LogP contribution in [0, 0.1) is 23.7 Å². The van der Waals surface area contributed by atoms with Crippen molar-refractivity contribution in [3.05, 3.63) is 0 Å². The van der Waals surface area contributed by atoms with Gasteiger partial charge in [0.25, 0.3) is 0 Å². The molecule has 0 bridgehead atoms. The van der Waals surface area contributed by atoms with Crippen LogP contribution in [0.25, 0.3) is 0 Å². The second-order valence-electron chi connectivity index (χ2n) is 7.35. The maximum absolute atomic E-state index is 13.0. The second kappa shape index (κ2) is 7.32. The van der Waals surface area contributed by atoms with Crippen LogP contribution in [0.3, 0.4) is 0 Å². The van der Waals surface area contributed by atoms with Crippen molar-refractivity contribution in [1.82, 2.24) is 5.32 Å². The van der Waals surface area contributed by atoms with Crippen molar-refractivity contribution in [2.45, 2.75) is 65.1 Å². The third-order valence-corrected chi connectivity index (χ3v) is 5.12. The van der Waals surface area contributed by atoms with E-state index in [-0.39, 0.29) is 19.4 Å². The zero-order valence-corrected chi connectivity index (χ0v) is 13.8. The lowest BCUT2D eigenvalue weighted by molar-refractivity contribution is -0.188. The molecule has 2 nitrogen and oxygen atoms in total. The fraction of sp³-hybridized carbons (Fsp3) is 1.00. The van der Waals surface area contributed by atoms with Crippen molar-refractivity contribution in [2.24, 2.45) is 29.4 Å². The van der Waals surface area contributed by atoms with Crippen LogP contribution in [-0.2, 0) is 0 Å². The third-order valence-electron chi connectivity index (χ3n) is 5.12. The second-order valence-corrected chi connectivity index (χ2v) is 7.35. The van der Waals surface area contributed by atoms with Crippen molar-refractivity contribution in [2.75, 3.05) is 13.1 Å². The highest BCUT2D eigenvalue weighted by Gasteiger charge is 2.47. The summed E-state index contributed by atoms with van der Waals surface area (Å²) in [5.74, 6) is 0.266. The zero-order valence-electron chi connectivity index (χ0n) is 13.8. The van der Waals surface area contributed by atoms with Crippen molar-refractivity contribution in [3.8, 4) is 0 Å². The Labute approximate surface area is 127 Å². The molecule has 1 rings (SSSR count). The van der Waals surface area contributed by atoms with Crippen LogP contribution >= 0.6 is 0 Å². The molecule has 0 saturated heterocycles. The van der Waals surface area contributed by atoms with E-state index in [9.17, 15) is 13.2 Å². The highest BCUT2D eigenvalue weighted by atomic mass is 19.4. The molecule has 0 radical (unpaired) electrons. The van der Waals surface area contributed by atoms with Crippen LogP contribution in [0.4, 0.5) is 13.2 Å². The molecule has 5 heteroatoms. The zero-order chi connectivity index (χ0) is 16.3. The Morgan fingerprint density at radius 2 is 1.76 bits per heavy atom. The van der Waals surface area contributed by atoms with Gasteiger partial charge in [-0.1, -0.05) is 34.1 Å². The standard InChI is InChI=1S/C16H31F3N2/c1-11(2)14(12(3)4)9-21-15(10-20)7-5-6-13(8-15)16(17,18)19/h11-14,21H,5-10,20H2,1-4H3. The molecule has 1 aliphatic carbocycles. The third kappa shape index (κ3) is 5.13. The van der Waals surface area contributed by atoms with Gasteiger partial charge in [0.05, 0.1) is 5.92 Å². The number of nitrogens with two attached hydrogens (primary N) is 1. The molecule has 126 valence electrons. The molecule has 0 amide bonds. The molecule has 2 unspecified atom stereocenters. The number of hydrogen-bond donors (Lipinski definition) is 2. The number of hydrogen-bond acceptors (Lipinski definition) is 2. The average Bonchev–Trinajstić information content (AvgIpc) is 2.37. The fourth-order valence-corrected chi connectivity index (χ4v) is 3.64. The molecule has 0 aromatic carbocycles. The van der Waals surface area contributed by atoms with Crippen LogP contribution in [0.2, 0.25) is 0 Å². The van der Waals surface area contributed by atoms with Gasteiger partial charge in [-0.25, -0.2) is 0 Å². The van der Waals surface area contributed by atoms with E-state index >= 15 is 0 Å². The lowest BCUT2D eigenvalue weighted by Crippen LogP contribution is -2.57. The minimum Gasteiger partial charge on any atom is -0.329 e. The fourth-order valence-electron chi connectivity index (χ4n) is 3.64. The molecule has 0 heterocycles. The molecular formula is C16H31F3N2. The van der Waals surface area contributed by atoms with Crippen molar-refractivity contribution < 1.29 is 13.2 Å². The van der Waals surface area contributed by atoms with Crippen LogP contribution in [-0.4, -0.2) is 24.8 Å². The van der Waals surface area contributed by atoms with Crippen molar-refractivity contribution in [1.29, 1.82) is 0 Å². The maximum Gasteiger partial charge on any atom is 0.391 e. The topological polar surface area (TPSA) is 38.0 Å². The molecule has 2 atom stereocenters. The molecule has 3 N–H and O–H groups in total. The van der Waals surface area contributed by atoms with Gasteiger partial charge in [0.15, 0.2) is 0 Å². The first-order chi connectivity index (χ1) is 9.61. The summed E-state index contributed by atoms with van der Waals surface area (Å²) < 4.78 is 39.0. The molecule has 1 aliphatic rings.